The fourth-order valence-corrected chi connectivity index (χ4v) is 3.62. The van der Waals surface area contributed by atoms with Gasteiger partial charge >= 0.3 is 0 Å². The number of rotatable bonds is 6. The molecule has 1 atom stereocenters. The van der Waals surface area contributed by atoms with E-state index in [9.17, 15) is 4.79 Å². The van der Waals surface area contributed by atoms with Gasteiger partial charge in [0.1, 0.15) is 0 Å². The highest BCUT2D eigenvalue weighted by Crippen LogP contribution is 2.22. The highest BCUT2D eigenvalue weighted by molar-refractivity contribution is 7.99. The highest BCUT2D eigenvalue weighted by atomic mass is 32.2. The molecule has 0 spiro atoms. The van der Waals surface area contributed by atoms with Crippen molar-refractivity contribution in [2.24, 2.45) is 0 Å². The average Bonchev–Trinajstić information content (AvgIpc) is 3.07. The Morgan fingerprint density at radius 2 is 2.09 bits per heavy atom. The summed E-state index contributed by atoms with van der Waals surface area (Å²) in [6, 6.07) is 14.7. The van der Waals surface area contributed by atoms with Crippen LogP contribution in [0.1, 0.15) is 18.4 Å². The third-order valence-corrected chi connectivity index (χ3v) is 4.90. The van der Waals surface area contributed by atoms with Crippen LogP contribution in [0.5, 0.6) is 0 Å². The lowest BCUT2D eigenvalue weighted by Crippen LogP contribution is -2.32. The lowest BCUT2D eigenvalue weighted by molar-refractivity contribution is -0.119. The Balaban J connectivity index is 1.46. The molecule has 3 rings (SSSR count). The van der Waals surface area contributed by atoms with Gasteiger partial charge in [0.2, 0.25) is 5.91 Å². The van der Waals surface area contributed by atoms with Gasteiger partial charge in [-0.3, -0.25) is 4.79 Å². The van der Waals surface area contributed by atoms with E-state index in [1.165, 1.54) is 16.3 Å². The number of carbonyl (C=O) groups is 1. The zero-order valence-corrected chi connectivity index (χ0v) is 13.4. The van der Waals surface area contributed by atoms with Crippen LogP contribution < -0.4 is 5.32 Å². The Labute approximate surface area is 135 Å². The van der Waals surface area contributed by atoms with Gasteiger partial charge in [-0.15, -0.1) is 11.8 Å². The minimum atomic E-state index is 0.0979. The van der Waals surface area contributed by atoms with E-state index >= 15 is 0 Å². The number of carbonyl (C=O) groups excluding carboxylic acids is 1. The summed E-state index contributed by atoms with van der Waals surface area (Å²) in [4.78, 5) is 11.9. The molecule has 1 aliphatic rings. The van der Waals surface area contributed by atoms with Gasteiger partial charge < -0.3 is 10.1 Å². The first-order chi connectivity index (χ1) is 10.8. The Morgan fingerprint density at radius 3 is 2.95 bits per heavy atom. The second-order valence-corrected chi connectivity index (χ2v) is 6.56. The molecule has 1 heterocycles. The summed E-state index contributed by atoms with van der Waals surface area (Å²) in [5.74, 6) is 1.45. The zero-order chi connectivity index (χ0) is 15.2. The largest absolute Gasteiger partial charge is 0.376 e. The van der Waals surface area contributed by atoms with Gasteiger partial charge in [0.25, 0.3) is 0 Å². The Bertz CT molecular complexity index is 633. The summed E-state index contributed by atoms with van der Waals surface area (Å²) in [5.41, 5.74) is 1.29. The number of amides is 1. The van der Waals surface area contributed by atoms with Crippen molar-refractivity contribution >= 4 is 28.4 Å². The molecule has 0 aliphatic carbocycles. The summed E-state index contributed by atoms with van der Waals surface area (Å²) in [6.45, 7) is 1.48. The fraction of sp³-hybridized carbons (Fsp3) is 0.389. The van der Waals surface area contributed by atoms with Crippen LogP contribution in [0, 0.1) is 0 Å². The minimum absolute atomic E-state index is 0.0979. The number of ether oxygens (including phenoxy) is 1. The number of hydrogen-bond donors (Lipinski definition) is 1. The maximum atomic E-state index is 11.9. The SMILES string of the molecule is O=C(CSCc1cccc2ccccc12)NCC1CCCO1. The van der Waals surface area contributed by atoms with Crippen LogP contribution in [0.25, 0.3) is 10.8 Å². The first-order valence-corrected chi connectivity index (χ1v) is 8.91. The standard InChI is InChI=1S/C18H21NO2S/c20-18(19-11-16-8-4-10-21-16)13-22-12-15-7-3-6-14-5-1-2-9-17(14)15/h1-3,5-7,9,16H,4,8,10-13H2,(H,19,20). The van der Waals surface area contributed by atoms with Crippen molar-refractivity contribution in [3.63, 3.8) is 0 Å². The summed E-state index contributed by atoms with van der Waals surface area (Å²) < 4.78 is 5.50. The molecule has 1 N–H and O–H groups in total. The first kappa shape index (κ1) is 15.4. The van der Waals surface area contributed by atoms with Gasteiger partial charge in [0.05, 0.1) is 11.9 Å². The van der Waals surface area contributed by atoms with Crippen LogP contribution in [-0.2, 0) is 15.3 Å². The van der Waals surface area contributed by atoms with Gasteiger partial charge in [-0.2, -0.15) is 0 Å². The maximum Gasteiger partial charge on any atom is 0.230 e. The van der Waals surface area contributed by atoms with E-state index in [1.54, 1.807) is 11.8 Å². The molecule has 1 unspecified atom stereocenters. The van der Waals surface area contributed by atoms with E-state index in [-0.39, 0.29) is 12.0 Å². The van der Waals surface area contributed by atoms with Crippen molar-refractivity contribution < 1.29 is 9.53 Å². The van der Waals surface area contributed by atoms with Crippen LogP contribution in [0.15, 0.2) is 42.5 Å². The van der Waals surface area contributed by atoms with Gasteiger partial charge in [0.15, 0.2) is 0 Å². The second kappa shape index (κ2) is 7.65. The van der Waals surface area contributed by atoms with Crippen molar-refractivity contribution in [1.29, 1.82) is 0 Å². The molecule has 1 amide bonds. The molecular weight excluding hydrogens is 294 g/mol. The van der Waals surface area contributed by atoms with Crippen LogP contribution >= 0.6 is 11.8 Å². The van der Waals surface area contributed by atoms with Crippen molar-refractivity contribution in [3.8, 4) is 0 Å². The van der Waals surface area contributed by atoms with Gasteiger partial charge in [-0.05, 0) is 29.2 Å². The number of fused-ring (bicyclic) bond motifs is 1. The van der Waals surface area contributed by atoms with E-state index in [4.69, 9.17) is 4.74 Å². The number of benzene rings is 2. The average molecular weight is 315 g/mol. The quantitative estimate of drug-likeness (QED) is 0.888. The van der Waals surface area contributed by atoms with Gasteiger partial charge in [-0.25, -0.2) is 0 Å². The second-order valence-electron chi connectivity index (χ2n) is 5.57. The summed E-state index contributed by atoms with van der Waals surface area (Å²) in [6.07, 6.45) is 2.38. The molecule has 2 aromatic rings. The molecule has 1 saturated heterocycles. The molecule has 1 aliphatic heterocycles. The van der Waals surface area contributed by atoms with Crippen molar-refractivity contribution in [3.05, 3.63) is 48.0 Å². The van der Waals surface area contributed by atoms with E-state index in [1.807, 2.05) is 0 Å². The molecule has 116 valence electrons. The fourth-order valence-electron chi connectivity index (χ4n) is 2.76. The number of nitrogens with one attached hydrogen (secondary N) is 1. The third kappa shape index (κ3) is 4.02. The predicted octanol–water partition coefficient (Wildman–Crippen LogP) is 3.37. The molecule has 4 heteroatoms. The lowest BCUT2D eigenvalue weighted by atomic mass is 10.1. The normalized spacial score (nSPS) is 17.7. The smallest absolute Gasteiger partial charge is 0.230 e. The summed E-state index contributed by atoms with van der Waals surface area (Å²) in [5, 5.41) is 5.49. The van der Waals surface area contributed by atoms with E-state index in [0.29, 0.717) is 12.3 Å². The van der Waals surface area contributed by atoms with Crippen molar-refractivity contribution in [2.75, 3.05) is 18.9 Å². The number of thioether (sulfide) groups is 1. The third-order valence-electron chi connectivity index (χ3n) is 3.92. The predicted molar refractivity (Wildman–Crippen MR) is 92.1 cm³/mol. The van der Waals surface area contributed by atoms with Gasteiger partial charge in [-0.1, -0.05) is 42.5 Å². The van der Waals surface area contributed by atoms with Crippen molar-refractivity contribution in [1.82, 2.24) is 5.32 Å². The van der Waals surface area contributed by atoms with Crippen LogP contribution in [0.2, 0.25) is 0 Å². The monoisotopic (exact) mass is 315 g/mol. The van der Waals surface area contributed by atoms with E-state index in [2.05, 4.69) is 47.8 Å². The molecule has 0 radical (unpaired) electrons. The van der Waals surface area contributed by atoms with Gasteiger partial charge in [0, 0.05) is 18.9 Å². The molecule has 0 bridgehead atoms. The number of hydrogen-bond acceptors (Lipinski definition) is 3. The van der Waals surface area contributed by atoms with Crippen LogP contribution in [-0.4, -0.2) is 30.9 Å². The molecule has 2 aromatic carbocycles. The maximum absolute atomic E-state index is 11.9. The molecule has 0 aromatic heterocycles. The molecule has 22 heavy (non-hydrogen) atoms. The zero-order valence-electron chi connectivity index (χ0n) is 12.6. The first-order valence-electron chi connectivity index (χ1n) is 7.75. The minimum Gasteiger partial charge on any atom is -0.376 e. The molecule has 0 saturated carbocycles. The Morgan fingerprint density at radius 1 is 1.23 bits per heavy atom. The molecule has 3 nitrogen and oxygen atoms in total. The summed E-state index contributed by atoms with van der Waals surface area (Å²) in [7, 11) is 0. The molecular formula is C18H21NO2S. The Kier molecular flexibility index (Phi) is 5.35. The van der Waals surface area contributed by atoms with E-state index < -0.39 is 0 Å². The molecule has 1 fully saturated rings. The van der Waals surface area contributed by atoms with E-state index in [0.717, 1.165) is 25.2 Å². The topological polar surface area (TPSA) is 38.3 Å². The highest BCUT2D eigenvalue weighted by Gasteiger charge is 2.16. The van der Waals surface area contributed by atoms with Crippen LogP contribution in [0.4, 0.5) is 0 Å². The summed E-state index contributed by atoms with van der Waals surface area (Å²) >= 11 is 1.66. The Hall–Kier alpha value is -1.52. The lowest BCUT2D eigenvalue weighted by Gasteiger charge is -2.11. The van der Waals surface area contributed by atoms with Crippen LogP contribution in [0.3, 0.4) is 0 Å². The van der Waals surface area contributed by atoms with Crippen molar-refractivity contribution in [2.45, 2.75) is 24.7 Å².